The van der Waals surface area contributed by atoms with Crippen molar-refractivity contribution in [3.8, 4) is 0 Å². The third-order valence-corrected chi connectivity index (χ3v) is 12.7. The lowest BCUT2D eigenvalue weighted by molar-refractivity contribution is -0.151. The van der Waals surface area contributed by atoms with Crippen LogP contribution in [0.3, 0.4) is 0 Å². The van der Waals surface area contributed by atoms with E-state index in [9.17, 15) is 9.90 Å². The van der Waals surface area contributed by atoms with Gasteiger partial charge in [-0.3, -0.25) is 4.79 Å². The number of hydrogen-bond acceptors (Lipinski definition) is 5. The number of aliphatic hydroxyl groups is 1. The molecule has 6 heteroatoms. The molecule has 0 amide bonds. The normalized spacial score (nSPS) is 25.9. The van der Waals surface area contributed by atoms with Crippen molar-refractivity contribution in [2.24, 2.45) is 11.3 Å². The minimum absolute atomic E-state index is 0.0759. The Morgan fingerprint density at radius 2 is 1.82 bits per heavy atom. The van der Waals surface area contributed by atoms with Crippen LogP contribution in [0.4, 0.5) is 0 Å². The lowest BCUT2D eigenvalue weighted by Gasteiger charge is -2.43. The van der Waals surface area contributed by atoms with E-state index < -0.39 is 13.9 Å². The number of hydrogen-bond donors (Lipinski definition) is 1. The number of benzene rings is 1. The van der Waals surface area contributed by atoms with Gasteiger partial charge in [-0.15, -0.1) is 0 Å². The largest absolute Gasteiger partial charge is 0.465 e. The third-order valence-electron chi connectivity index (χ3n) is 8.13. The molecule has 1 aliphatic carbocycles. The Labute approximate surface area is 202 Å². The summed E-state index contributed by atoms with van der Waals surface area (Å²) in [4.78, 5) is 11.4. The molecule has 188 valence electrons. The van der Waals surface area contributed by atoms with Gasteiger partial charge in [-0.05, 0) is 54.8 Å². The molecule has 33 heavy (non-hydrogen) atoms. The molecule has 0 aromatic heterocycles. The first-order chi connectivity index (χ1) is 15.3. The topological polar surface area (TPSA) is 65.0 Å². The summed E-state index contributed by atoms with van der Waals surface area (Å²) < 4.78 is 17.7. The molecule has 0 saturated heterocycles. The molecule has 2 rings (SSSR count). The van der Waals surface area contributed by atoms with Crippen LogP contribution in [0.5, 0.6) is 0 Å². The minimum Gasteiger partial charge on any atom is -0.465 e. The zero-order chi connectivity index (χ0) is 24.8. The molecular formula is C27H46O5Si. The highest BCUT2D eigenvalue weighted by Crippen LogP contribution is 2.54. The Hall–Kier alpha value is -1.21. The van der Waals surface area contributed by atoms with E-state index in [1.807, 2.05) is 30.3 Å². The second-order valence-corrected chi connectivity index (χ2v) is 16.3. The molecule has 0 heterocycles. The number of carbonyl (C=O) groups excluding carboxylic acids is 1. The van der Waals surface area contributed by atoms with Crippen LogP contribution in [-0.4, -0.2) is 44.8 Å². The average Bonchev–Trinajstić information content (AvgIpc) is 2.98. The van der Waals surface area contributed by atoms with Crippen molar-refractivity contribution in [3.05, 3.63) is 35.9 Å². The molecule has 1 fully saturated rings. The standard InChI is InChI=1S/C27H46O5Si/c1-22(28)31-21-24-14-16-26(5,15-11-18-32-33(6,7)25(2,3)4)27(24,29)17-19-30-20-23-12-9-8-10-13-23/h8-10,12-13,24,29H,11,14-21H2,1-7H3/t24-,26+,27+/m0/s1. The summed E-state index contributed by atoms with van der Waals surface area (Å²) in [7, 11) is -1.78. The molecule has 1 aromatic rings. The molecule has 0 spiro atoms. The summed E-state index contributed by atoms with van der Waals surface area (Å²) in [5.41, 5.74) is -0.0706. The Balaban J connectivity index is 1.99. The van der Waals surface area contributed by atoms with Gasteiger partial charge in [0.2, 0.25) is 0 Å². The van der Waals surface area contributed by atoms with E-state index in [0.717, 1.165) is 37.9 Å². The van der Waals surface area contributed by atoms with E-state index in [4.69, 9.17) is 13.9 Å². The van der Waals surface area contributed by atoms with Gasteiger partial charge < -0.3 is 19.0 Å². The van der Waals surface area contributed by atoms with Crippen molar-refractivity contribution in [1.82, 2.24) is 0 Å². The zero-order valence-corrected chi connectivity index (χ0v) is 22.9. The molecule has 0 bridgehead atoms. The first-order valence-electron chi connectivity index (χ1n) is 12.4. The van der Waals surface area contributed by atoms with Gasteiger partial charge in [0.1, 0.15) is 0 Å². The van der Waals surface area contributed by atoms with Crippen molar-refractivity contribution in [2.45, 2.75) is 97.1 Å². The van der Waals surface area contributed by atoms with Crippen LogP contribution in [-0.2, 0) is 25.3 Å². The molecule has 0 aliphatic heterocycles. The van der Waals surface area contributed by atoms with E-state index in [0.29, 0.717) is 19.6 Å². The highest BCUT2D eigenvalue weighted by molar-refractivity contribution is 6.74. The number of rotatable bonds is 12. The fourth-order valence-electron chi connectivity index (χ4n) is 4.73. The fraction of sp³-hybridized carbons (Fsp3) is 0.741. The number of ether oxygens (including phenoxy) is 2. The summed E-state index contributed by atoms with van der Waals surface area (Å²) in [6, 6.07) is 10.1. The minimum atomic E-state index is -1.78. The van der Waals surface area contributed by atoms with Crippen molar-refractivity contribution < 1.29 is 23.8 Å². The van der Waals surface area contributed by atoms with Gasteiger partial charge in [-0.1, -0.05) is 58.0 Å². The van der Waals surface area contributed by atoms with Crippen LogP contribution in [0.15, 0.2) is 30.3 Å². The van der Waals surface area contributed by atoms with Crippen LogP contribution in [0.25, 0.3) is 0 Å². The maximum Gasteiger partial charge on any atom is 0.302 e. The average molecular weight is 479 g/mol. The first-order valence-corrected chi connectivity index (χ1v) is 15.3. The Morgan fingerprint density at radius 3 is 2.42 bits per heavy atom. The third kappa shape index (κ3) is 7.38. The van der Waals surface area contributed by atoms with Crippen molar-refractivity contribution >= 4 is 14.3 Å². The van der Waals surface area contributed by atoms with Gasteiger partial charge >= 0.3 is 5.97 Å². The van der Waals surface area contributed by atoms with Crippen molar-refractivity contribution in [1.29, 1.82) is 0 Å². The number of carbonyl (C=O) groups is 1. The van der Waals surface area contributed by atoms with E-state index in [-0.39, 0.29) is 28.9 Å². The maximum absolute atomic E-state index is 12.0. The zero-order valence-electron chi connectivity index (χ0n) is 21.9. The number of esters is 1. The molecule has 0 unspecified atom stereocenters. The summed E-state index contributed by atoms with van der Waals surface area (Å²) in [5.74, 6) is -0.373. The molecule has 1 aromatic carbocycles. The monoisotopic (exact) mass is 478 g/mol. The van der Waals surface area contributed by atoms with E-state index >= 15 is 0 Å². The Bertz CT molecular complexity index is 745. The van der Waals surface area contributed by atoms with Gasteiger partial charge in [0.05, 0.1) is 18.8 Å². The molecule has 0 radical (unpaired) electrons. The molecular weight excluding hydrogens is 432 g/mol. The van der Waals surface area contributed by atoms with Crippen LogP contribution >= 0.6 is 0 Å². The van der Waals surface area contributed by atoms with Crippen LogP contribution in [0, 0.1) is 11.3 Å². The summed E-state index contributed by atoms with van der Waals surface area (Å²) in [6.07, 6.45) is 4.09. The quantitative estimate of drug-likeness (QED) is 0.223. The molecule has 5 nitrogen and oxygen atoms in total. The van der Waals surface area contributed by atoms with Gasteiger partial charge in [-0.2, -0.15) is 0 Å². The van der Waals surface area contributed by atoms with E-state index in [1.165, 1.54) is 6.92 Å². The lowest BCUT2D eigenvalue weighted by atomic mass is 9.68. The van der Waals surface area contributed by atoms with Crippen molar-refractivity contribution in [3.63, 3.8) is 0 Å². The summed E-state index contributed by atoms with van der Waals surface area (Å²) in [5, 5.41) is 12.2. The Kier molecular flexibility index (Phi) is 9.75. The summed E-state index contributed by atoms with van der Waals surface area (Å²) in [6.45, 7) is 16.9. The van der Waals surface area contributed by atoms with Crippen LogP contribution in [0.2, 0.25) is 18.1 Å². The molecule has 3 atom stereocenters. The molecule has 1 saturated carbocycles. The van der Waals surface area contributed by atoms with Gasteiger partial charge in [0.15, 0.2) is 8.32 Å². The van der Waals surface area contributed by atoms with E-state index in [2.05, 4.69) is 40.8 Å². The highest BCUT2D eigenvalue weighted by Gasteiger charge is 2.56. The maximum atomic E-state index is 12.0. The van der Waals surface area contributed by atoms with Gasteiger partial charge in [-0.25, -0.2) is 0 Å². The predicted molar refractivity (Wildman–Crippen MR) is 136 cm³/mol. The molecule has 1 aliphatic rings. The smallest absolute Gasteiger partial charge is 0.302 e. The van der Waals surface area contributed by atoms with Crippen molar-refractivity contribution in [2.75, 3.05) is 19.8 Å². The SMILES string of the molecule is CC(=O)OC[C@@H]1CC[C@@](C)(CCCO[Si](C)(C)C(C)(C)C)[C@@]1(O)CCOCc1ccccc1. The van der Waals surface area contributed by atoms with Gasteiger partial charge in [0, 0.05) is 32.5 Å². The van der Waals surface area contributed by atoms with Crippen LogP contribution in [0.1, 0.15) is 72.3 Å². The predicted octanol–water partition coefficient (Wildman–Crippen LogP) is 6.11. The van der Waals surface area contributed by atoms with E-state index in [1.54, 1.807) is 0 Å². The highest BCUT2D eigenvalue weighted by atomic mass is 28.4. The van der Waals surface area contributed by atoms with Crippen LogP contribution < -0.4 is 0 Å². The summed E-state index contributed by atoms with van der Waals surface area (Å²) >= 11 is 0. The lowest BCUT2D eigenvalue weighted by Crippen LogP contribution is -2.49. The van der Waals surface area contributed by atoms with Gasteiger partial charge in [0.25, 0.3) is 0 Å². The Morgan fingerprint density at radius 1 is 1.15 bits per heavy atom. The fourth-order valence-corrected chi connectivity index (χ4v) is 5.81. The second-order valence-electron chi connectivity index (χ2n) is 11.5. The molecule has 1 N–H and O–H groups in total. The first kappa shape index (κ1) is 28.0. The second kappa shape index (κ2) is 11.5.